The molecule has 1 heterocycles. The molecule has 0 saturated carbocycles. The van der Waals surface area contributed by atoms with Crippen LogP contribution in [0.1, 0.15) is 43.4 Å². The number of carbonyl (C=O) groups is 1. The van der Waals surface area contributed by atoms with Gasteiger partial charge in [-0.1, -0.05) is 54.1 Å². The van der Waals surface area contributed by atoms with Crippen LogP contribution in [0.15, 0.2) is 54.6 Å². The van der Waals surface area contributed by atoms with Gasteiger partial charge in [-0.15, -0.1) is 0 Å². The van der Waals surface area contributed by atoms with E-state index in [1.54, 1.807) is 6.07 Å². The predicted octanol–water partition coefficient (Wildman–Crippen LogP) is 5.64. The Morgan fingerprint density at radius 1 is 1.23 bits per heavy atom. The van der Waals surface area contributed by atoms with E-state index in [0.717, 1.165) is 28.1 Å². The van der Waals surface area contributed by atoms with Crippen molar-refractivity contribution in [3.05, 3.63) is 70.8 Å². The molecule has 6 heteroatoms. The number of carboxylic acid groups (broad SMARTS) is 1. The summed E-state index contributed by atoms with van der Waals surface area (Å²) in [5.41, 5.74) is 2.80. The van der Waals surface area contributed by atoms with Gasteiger partial charge in [0, 0.05) is 22.4 Å². The highest BCUT2D eigenvalue weighted by Crippen LogP contribution is 2.50. The van der Waals surface area contributed by atoms with Gasteiger partial charge in [-0.25, -0.2) is 4.79 Å². The number of aliphatic carboxylic acids is 1. The third-order valence-corrected chi connectivity index (χ3v) is 5.96. The number of methoxy groups -OCH3 is 1. The second-order valence-electron chi connectivity index (χ2n) is 7.64. The van der Waals surface area contributed by atoms with Crippen molar-refractivity contribution in [2.45, 2.75) is 38.4 Å². The summed E-state index contributed by atoms with van der Waals surface area (Å²) in [6.45, 7) is 7.75. The third kappa shape index (κ3) is 4.63. The minimum atomic E-state index is -1.06. The van der Waals surface area contributed by atoms with Crippen LogP contribution in [0.3, 0.4) is 0 Å². The van der Waals surface area contributed by atoms with Crippen LogP contribution in [0.4, 0.5) is 0 Å². The first kappa shape index (κ1) is 22.2. The van der Waals surface area contributed by atoms with E-state index in [1.165, 1.54) is 7.11 Å². The maximum Gasteiger partial charge on any atom is 0.341 e. The number of para-hydroxylation sites is 1. The summed E-state index contributed by atoms with van der Waals surface area (Å²) in [5.74, 6) is -0.0758. The Labute approximate surface area is 182 Å². The molecule has 3 rings (SSSR count). The molecule has 2 aromatic carbocycles. The van der Waals surface area contributed by atoms with E-state index in [1.807, 2.05) is 50.2 Å². The maximum atomic E-state index is 11.1. The quantitative estimate of drug-likeness (QED) is 0.576. The van der Waals surface area contributed by atoms with Gasteiger partial charge in [-0.05, 0) is 38.0 Å². The molecule has 0 aliphatic carbocycles. The van der Waals surface area contributed by atoms with Crippen molar-refractivity contribution >= 4 is 17.6 Å². The van der Waals surface area contributed by atoms with E-state index < -0.39 is 12.6 Å². The van der Waals surface area contributed by atoms with Crippen LogP contribution in [0, 0.1) is 5.92 Å². The molecule has 0 spiro atoms. The van der Waals surface area contributed by atoms with Gasteiger partial charge in [0.15, 0.2) is 18.1 Å². The molecule has 2 aromatic rings. The first-order valence-electron chi connectivity index (χ1n) is 9.90. The fourth-order valence-corrected chi connectivity index (χ4v) is 4.40. The van der Waals surface area contributed by atoms with Gasteiger partial charge in [0.25, 0.3) is 0 Å². The number of rotatable bonds is 7. The SMILES string of the molecule is C=C(C)[C@H]1C[C@H](c2ccccc2Cl)[C@H](C)O[C@@H]1c1cccc(OC)c1OCC(=O)O. The van der Waals surface area contributed by atoms with Crippen LogP contribution in [0.5, 0.6) is 11.5 Å². The highest BCUT2D eigenvalue weighted by molar-refractivity contribution is 6.31. The van der Waals surface area contributed by atoms with Crippen LogP contribution in [0.2, 0.25) is 5.02 Å². The Morgan fingerprint density at radius 3 is 2.57 bits per heavy atom. The molecule has 30 heavy (non-hydrogen) atoms. The molecular formula is C24H27ClO5. The fourth-order valence-electron chi connectivity index (χ4n) is 4.12. The molecule has 1 N–H and O–H groups in total. The van der Waals surface area contributed by atoms with Crippen LogP contribution in [-0.4, -0.2) is 30.9 Å². The molecule has 5 nitrogen and oxygen atoms in total. The third-order valence-electron chi connectivity index (χ3n) is 5.61. The summed E-state index contributed by atoms with van der Waals surface area (Å²) < 4.78 is 17.5. The van der Waals surface area contributed by atoms with Crippen molar-refractivity contribution in [2.75, 3.05) is 13.7 Å². The number of halogens is 1. The Morgan fingerprint density at radius 2 is 1.93 bits per heavy atom. The van der Waals surface area contributed by atoms with Gasteiger partial charge >= 0.3 is 5.97 Å². The van der Waals surface area contributed by atoms with Crippen molar-refractivity contribution in [2.24, 2.45) is 5.92 Å². The minimum Gasteiger partial charge on any atom is -0.493 e. The molecule has 0 amide bonds. The average molecular weight is 431 g/mol. The van der Waals surface area contributed by atoms with E-state index in [0.29, 0.717) is 11.5 Å². The van der Waals surface area contributed by atoms with Gasteiger partial charge in [-0.2, -0.15) is 0 Å². The van der Waals surface area contributed by atoms with Gasteiger partial charge in [-0.3, -0.25) is 0 Å². The number of carboxylic acids is 1. The van der Waals surface area contributed by atoms with Crippen molar-refractivity contribution in [1.82, 2.24) is 0 Å². The van der Waals surface area contributed by atoms with Crippen molar-refractivity contribution in [1.29, 1.82) is 0 Å². The highest BCUT2D eigenvalue weighted by Gasteiger charge is 2.40. The predicted molar refractivity (Wildman–Crippen MR) is 117 cm³/mol. The summed E-state index contributed by atoms with van der Waals surface area (Å²) in [5, 5.41) is 9.81. The zero-order chi connectivity index (χ0) is 21.8. The lowest BCUT2D eigenvalue weighted by Gasteiger charge is -2.42. The highest BCUT2D eigenvalue weighted by atomic mass is 35.5. The van der Waals surface area contributed by atoms with Gasteiger partial charge < -0.3 is 19.3 Å². The lowest BCUT2D eigenvalue weighted by molar-refractivity contribution is -0.139. The molecule has 0 bridgehead atoms. The largest absolute Gasteiger partial charge is 0.493 e. The van der Waals surface area contributed by atoms with E-state index in [9.17, 15) is 4.79 Å². The van der Waals surface area contributed by atoms with Gasteiger partial charge in [0.1, 0.15) is 0 Å². The summed E-state index contributed by atoms with van der Waals surface area (Å²) in [6, 6.07) is 13.3. The van der Waals surface area contributed by atoms with Crippen molar-refractivity contribution in [3.63, 3.8) is 0 Å². The summed E-state index contributed by atoms with van der Waals surface area (Å²) >= 11 is 6.47. The molecule has 0 radical (unpaired) electrons. The van der Waals surface area contributed by atoms with E-state index in [2.05, 4.69) is 6.58 Å². The molecule has 160 valence electrons. The summed E-state index contributed by atoms with van der Waals surface area (Å²) in [4.78, 5) is 11.1. The number of benzene rings is 2. The molecule has 0 aromatic heterocycles. The molecule has 4 atom stereocenters. The van der Waals surface area contributed by atoms with Crippen LogP contribution < -0.4 is 9.47 Å². The second kappa shape index (κ2) is 9.54. The van der Waals surface area contributed by atoms with Crippen molar-refractivity contribution < 1.29 is 24.1 Å². The molecule has 0 unspecified atom stereocenters. The Kier molecular flexibility index (Phi) is 7.06. The summed E-state index contributed by atoms with van der Waals surface area (Å²) in [7, 11) is 1.53. The lowest BCUT2D eigenvalue weighted by Crippen LogP contribution is -2.34. The van der Waals surface area contributed by atoms with E-state index in [4.69, 9.17) is 30.9 Å². The molecule has 1 fully saturated rings. The van der Waals surface area contributed by atoms with E-state index >= 15 is 0 Å². The Bertz CT molecular complexity index is 926. The first-order chi connectivity index (χ1) is 14.3. The number of hydrogen-bond acceptors (Lipinski definition) is 4. The maximum absolute atomic E-state index is 11.1. The van der Waals surface area contributed by atoms with Crippen LogP contribution in [-0.2, 0) is 9.53 Å². The fraction of sp³-hybridized carbons (Fsp3) is 0.375. The second-order valence-corrected chi connectivity index (χ2v) is 8.05. The smallest absolute Gasteiger partial charge is 0.341 e. The molecule has 1 aliphatic rings. The summed E-state index contributed by atoms with van der Waals surface area (Å²) in [6.07, 6.45) is 0.361. The van der Waals surface area contributed by atoms with Crippen molar-refractivity contribution in [3.8, 4) is 11.5 Å². The zero-order valence-corrected chi connectivity index (χ0v) is 18.2. The molecule has 1 saturated heterocycles. The van der Waals surface area contributed by atoms with Crippen LogP contribution in [0.25, 0.3) is 0 Å². The number of hydrogen-bond donors (Lipinski definition) is 1. The standard InChI is InChI=1S/C24H27ClO5/c1-14(2)18-12-19(16-8-5-6-10-20(16)25)15(3)30-23(18)17-9-7-11-21(28-4)24(17)29-13-22(26)27/h5-11,15,18-19,23H,1,12-13H2,2-4H3,(H,26,27)/t15-,18+,19-,23+/m0/s1. The minimum absolute atomic E-state index is 0.00163. The average Bonchev–Trinajstić information content (AvgIpc) is 2.72. The Hall–Kier alpha value is -2.50. The molecule has 1 aliphatic heterocycles. The van der Waals surface area contributed by atoms with E-state index in [-0.39, 0.29) is 24.0 Å². The zero-order valence-electron chi connectivity index (χ0n) is 17.4. The first-order valence-corrected chi connectivity index (χ1v) is 10.3. The topological polar surface area (TPSA) is 65.0 Å². The normalized spacial score (nSPS) is 23.6. The van der Waals surface area contributed by atoms with Crippen LogP contribution >= 0.6 is 11.6 Å². The Balaban J connectivity index is 1.99. The van der Waals surface area contributed by atoms with Gasteiger partial charge in [0.05, 0.1) is 19.3 Å². The lowest BCUT2D eigenvalue weighted by atomic mass is 9.76. The number of ether oxygens (including phenoxy) is 3. The monoisotopic (exact) mass is 430 g/mol. The van der Waals surface area contributed by atoms with Gasteiger partial charge in [0.2, 0.25) is 0 Å². The molecular weight excluding hydrogens is 404 g/mol.